The molecular formula is C19H20FNO3. The molecule has 0 radical (unpaired) electrons. The first-order chi connectivity index (χ1) is 11.6. The summed E-state index contributed by atoms with van der Waals surface area (Å²) in [6.07, 6.45) is 0.895. The van der Waals surface area contributed by atoms with E-state index in [9.17, 15) is 9.18 Å². The number of nitrogens with zero attached hydrogens (tertiary/aromatic N) is 1. The quantitative estimate of drug-likeness (QED) is 0.860. The van der Waals surface area contributed by atoms with E-state index in [1.165, 1.54) is 11.0 Å². The number of hydrogen-bond acceptors (Lipinski definition) is 3. The number of para-hydroxylation sites is 1. The lowest BCUT2D eigenvalue weighted by Gasteiger charge is -2.31. The van der Waals surface area contributed by atoms with Gasteiger partial charge in [0.15, 0.2) is 6.10 Å². The lowest BCUT2D eigenvalue weighted by atomic mass is 10.0. The summed E-state index contributed by atoms with van der Waals surface area (Å²) in [6, 6.07) is 12.0. The molecular weight excluding hydrogens is 309 g/mol. The molecule has 0 spiro atoms. The van der Waals surface area contributed by atoms with E-state index in [4.69, 9.17) is 9.47 Å². The Kier molecular flexibility index (Phi) is 4.69. The van der Waals surface area contributed by atoms with Crippen molar-refractivity contribution in [2.24, 2.45) is 0 Å². The number of hydrogen-bond donors (Lipinski definition) is 0. The fraction of sp³-hybridized carbons (Fsp3) is 0.316. The number of aryl methyl sites for hydroxylation is 1. The molecule has 3 rings (SSSR count). The Morgan fingerprint density at radius 3 is 2.58 bits per heavy atom. The van der Waals surface area contributed by atoms with Crippen LogP contribution in [0.2, 0.25) is 0 Å². The van der Waals surface area contributed by atoms with Gasteiger partial charge in [0.1, 0.15) is 17.3 Å². The Morgan fingerprint density at radius 1 is 1.17 bits per heavy atom. The lowest BCUT2D eigenvalue weighted by Crippen LogP contribution is -2.43. The van der Waals surface area contributed by atoms with Gasteiger partial charge in [-0.25, -0.2) is 4.39 Å². The van der Waals surface area contributed by atoms with Crippen LogP contribution >= 0.6 is 0 Å². The summed E-state index contributed by atoms with van der Waals surface area (Å²) in [6.45, 7) is 2.19. The number of methoxy groups -OCH3 is 1. The highest BCUT2D eigenvalue weighted by Crippen LogP contribution is 2.30. The molecule has 126 valence electrons. The number of fused-ring (bicyclic) bond motifs is 1. The Hall–Kier alpha value is -2.56. The summed E-state index contributed by atoms with van der Waals surface area (Å²) in [4.78, 5) is 14.3. The molecule has 1 amide bonds. The van der Waals surface area contributed by atoms with E-state index in [0.717, 1.165) is 18.4 Å². The zero-order valence-corrected chi connectivity index (χ0v) is 13.8. The van der Waals surface area contributed by atoms with E-state index < -0.39 is 6.10 Å². The zero-order valence-electron chi connectivity index (χ0n) is 13.8. The summed E-state index contributed by atoms with van der Waals surface area (Å²) in [5, 5.41) is 0. The van der Waals surface area contributed by atoms with Gasteiger partial charge in [0.05, 0.1) is 12.8 Å². The highest BCUT2D eigenvalue weighted by Gasteiger charge is 2.29. The predicted octanol–water partition coefficient (Wildman–Crippen LogP) is 3.58. The lowest BCUT2D eigenvalue weighted by molar-refractivity contribution is -0.124. The minimum atomic E-state index is -0.705. The number of anilines is 1. The number of halogens is 1. The van der Waals surface area contributed by atoms with Gasteiger partial charge < -0.3 is 14.4 Å². The van der Waals surface area contributed by atoms with Gasteiger partial charge in [0.25, 0.3) is 5.91 Å². The number of rotatable bonds is 4. The molecule has 0 saturated heterocycles. The zero-order chi connectivity index (χ0) is 17.1. The molecule has 0 saturated carbocycles. The molecule has 0 N–H and O–H groups in total. The van der Waals surface area contributed by atoms with Crippen LogP contribution in [-0.4, -0.2) is 25.7 Å². The molecule has 1 heterocycles. The van der Waals surface area contributed by atoms with Crippen molar-refractivity contribution >= 4 is 11.6 Å². The SMILES string of the molecule is COc1ccc(OC(C)C(=O)N2CCCc3cccc(F)c32)cc1. The van der Waals surface area contributed by atoms with Gasteiger partial charge in [-0.1, -0.05) is 12.1 Å². The molecule has 4 nitrogen and oxygen atoms in total. The van der Waals surface area contributed by atoms with Crippen LogP contribution in [0.1, 0.15) is 18.9 Å². The molecule has 2 aromatic rings. The number of carbonyl (C=O) groups is 1. The van der Waals surface area contributed by atoms with Crippen molar-refractivity contribution in [2.75, 3.05) is 18.6 Å². The summed E-state index contributed by atoms with van der Waals surface area (Å²) in [7, 11) is 1.59. The third-order valence-corrected chi connectivity index (χ3v) is 4.15. The Balaban J connectivity index is 1.77. The maximum absolute atomic E-state index is 14.2. The van der Waals surface area contributed by atoms with Gasteiger partial charge in [-0.15, -0.1) is 0 Å². The molecule has 0 aromatic heterocycles. The molecule has 1 aliphatic heterocycles. The highest BCUT2D eigenvalue weighted by atomic mass is 19.1. The van der Waals surface area contributed by atoms with Crippen molar-refractivity contribution in [3.05, 3.63) is 53.8 Å². The smallest absolute Gasteiger partial charge is 0.267 e. The Bertz CT molecular complexity index is 730. The Morgan fingerprint density at radius 2 is 1.88 bits per heavy atom. The monoisotopic (exact) mass is 329 g/mol. The second-order valence-electron chi connectivity index (χ2n) is 5.78. The van der Waals surface area contributed by atoms with Gasteiger partial charge in [0.2, 0.25) is 0 Å². The second kappa shape index (κ2) is 6.91. The number of carbonyl (C=O) groups excluding carboxylic acids is 1. The summed E-state index contributed by atoms with van der Waals surface area (Å²) < 4.78 is 25.0. The van der Waals surface area contributed by atoms with Gasteiger partial charge in [-0.3, -0.25) is 4.79 Å². The first-order valence-corrected chi connectivity index (χ1v) is 7.99. The van der Waals surface area contributed by atoms with Crippen molar-refractivity contribution in [1.29, 1.82) is 0 Å². The van der Waals surface area contributed by atoms with Gasteiger partial charge >= 0.3 is 0 Å². The van der Waals surface area contributed by atoms with E-state index in [2.05, 4.69) is 0 Å². The molecule has 24 heavy (non-hydrogen) atoms. The number of ether oxygens (including phenoxy) is 2. The predicted molar refractivity (Wildman–Crippen MR) is 90.2 cm³/mol. The summed E-state index contributed by atoms with van der Waals surface area (Å²) in [5.74, 6) is 0.685. The first-order valence-electron chi connectivity index (χ1n) is 7.99. The van der Waals surface area contributed by atoms with Gasteiger partial charge in [-0.2, -0.15) is 0 Å². The van der Waals surface area contributed by atoms with Crippen LogP contribution in [0.4, 0.5) is 10.1 Å². The number of benzene rings is 2. The van der Waals surface area contributed by atoms with Gasteiger partial charge in [0, 0.05) is 6.54 Å². The average molecular weight is 329 g/mol. The van der Waals surface area contributed by atoms with Gasteiger partial charge in [-0.05, 0) is 55.7 Å². The third-order valence-electron chi connectivity index (χ3n) is 4.15. The third kappa shape index (κ3) is 3.20. The molecule has 0 bridgehead atoms. The van der Waals surface area contributed by atoms with Crippen LogP contribution in [0.5, 0.6) is 11.5 Å². The molecule has 1 aliphatic rings. The van der Waals surface area contributed by atoms with Crippen LogP contribution in [0, 0.1) is 5.82 Å². The average Bonchev–Trinajstić information content (AvgIpc) is 2.61. The largest absolute Gasteiger partial charge is 0.497 e. The second-order valence-corrected chi connectivity index (χ2v) is 5.78. The van der Waals surface area contributed by atoms with Crippen molar-refractivity contribution < 1.29 is 18.7 Å². The Labute approximate surface area is 140 Å². The first kappa shape index (κ1) is 16.3. The summed E-state index contributed by atoms with van der Waals surface area (Å²) in [5.41, 5.74) is 1.25. The summed E-state index contributed by atoms with van der Waals surface area (Å²) >= 11 is 0. The maximum atomic E-state index is 14.2. The van der Waals surface area contributed by atoms with E-state index >= 15 is 0 Å². The molecule has 0 aliphatic carbocycles. The standard InChI is InChI=1S/C19H20FNO3/c1-13(24-16-10-8-15(23-2)9-11-16)19(22)21-12-4-6-14-5-3-7-17(20)18(14)21/h3,5,7-11,13H,4,6,12H2,1-2H3. The topological polar surface area (TPSA) is 38.8 Å². The van der Waals surface area contributed by atoms with E-state index in [1.807, 2.05) is 6.07 Å². The van der Waals surface area contributed by atoms with Crippen LogP contribution < -0.4 is 14.4 Å². The molecule has 2 aromatic carbocycles. The highest BCUT2D eigenvalue weighted by molar-refractivity contribution is 5.97. The molecule has 5 heteroatoms. The van der Waals surface area contributed by atoms with Crippen molar-refractivity contribution in [3.63, 3.8) is 0 Å². The fourth-order valence-electron chi connectivity index (χ4n) is 2.95. The molecule has 0 fully saturated rings. The number of amides is 1. The normalized spacial score (nSPS) is 14.7. The van der Waals surface area contributed by atoms with Crippen molar-refractivity contribution in [3.8, 4) is 11.5 Å². The molecule has 1 unspecified atom stereocenters. The van der Waals surface area contributed by atoms with Crippen molar-refractivity contribution in [1.82, 2.24) is 0 Å². The van der Waals surface area contributed by atoms with E-state index in [0.29, 0.717) is 23.7 Å². The van der Waals surface area contributed by atoms with Crippen LogP contribution in [0.25, 0.3) is 0 Å². The van der Waals surface area contributed by atoms with E-state index in [1.54, 1.807) is 44.4 Å². The van der Waals surface area contributed by atoms with Crippen LogP contribution in [0.3, 0.4) is 0 Å². The minimum Gasteiger partial charge on any atom is -0.497 e. The fourth-order valence-corrected chi connectivity index (χ4v) is 2.95. The maximum Gasteiger partial charge on any atom is 0.267 e. The van der Waals surface area contributed by atoms with Crippen molar-refractivity contribution in [2.45, 2.75) is 25.9 Å². The van der Waals surface area contributed by atoms with Crippen LogP contribution in [-0.2, 0) is 11.2 Å². The molecule has 1 atom stereocenters. The van der Waals surface area contributed by atoms with Crippen LogP contribution in [0.15, 0.2) is 42.5 Å². The van der Waals surface area contributed by atoms with E-state index in [-0.39, 0.29) is 11.7 Å². The minimum absolute atomic E-state index is 0.239.